The van der Waals surface area contributed by atoms with Crippen molar-refractivity contribution < 1.29 is 39.5 Å². The van der Waals surface area contributed by atoms with Gasteiger partial charge in [-0.25, -0.2) is 4.79 Å². The molecule has 1 fully saturated rings. The fourth-order valence-corrected chi connectivity index (χ4v) is 7.66. The minimum absolute atomic E-state index is 0.0852. The molecule has 6 rings (SSSR count). The molecule has 0 amide bonds. The van der Waals surface area contributed by atoms with Gasteiger partial charge in [0.15, 0.2) is 5.60 Å². The molecule has 4 aromatic rings. The molecule has 3 aromatic carbocycles. The number of anilines is 1. The standard InChI is InChI=1S/C39H42BrClN4O8/c40-36-26(23-53-35-18-34(52-22-25-5-3-12-42-19-25)27(17-31(35)41)20-43-32(21-46)37(47)48)6-1-8-30(36)28-7-2-9-33-29(28)10-15-45(33)14-4-13-44-16-11-39(51,24-44)38(49)50/h1-3,5-9,12,17-19,32,43,46,51H,4,10-11,13-16,20-24H2,(H,47,48)(H,49,50). The van der Waals surface area contributed by atoms with E-state index in [1.54, 1.807) is 24.5 Å². The van der Waals surface area contributed by atoms with Crippen LogP contribution in [-0.4, -0.2) is 93.2 Å². The molecule has 0 aliphatic carbocycles. The van der Waals surface area contributed by atoms with Crippen LogP contribution in [0.25, 0.3) is 11.1 Å². The molecule has 2 aliphatic heterocycles. The topological polar surface area (TPSA) is 165 Å². The SMILES string of the molecule is O=C(O)C(CO)NCc1cc(Cl)c(OCc2cccc(-c3cccc4c3CCN4CCCN3CCC(O)(C(=O)O)C3)c2Br)cc1OCc1cccnc1. The lowest BCUT2D eigenvalue weighted by atomic mass is 9.96. The summed E-state index contributed by atoms with van der Waals surface area (Å²) in [7, 11) is 0. The van der Waals surface area contributed by atoms with Gasteiger partial charge in [-0.05, 0) is 70.2 Å². The van der Waals surface area contributed by atoms with Crippen LogP contribution in [0.1, 0.15) is 35.1 Å². The number of pyridine rings is 1. The summed E-state index contributed by atoms with van der Waals surface area (Å²) in [5, 5.41) is 41.6. The van der Waals surface area contributed by atoms with Gasteiger partial charge in [0.05, 0.1) is 11.6 Å². The zero-order valence-electron chi connectivity index (χ0n) is 29.0. The van der Waals surface area contributed by atoms with Crippen molar-refractivity contribution in [3.63, 3.8) is 0 Å². The Balaban J connectivity index is 1.15. The van der Waals surface area contributed by atoms with Crippen LogP contribution in [0.3, 0.4) is 0 Å². The highest BCUT2D eigenvalue weighted by molar-refractivity contribution is 9.10. The lowest BCUT2D eigenvalue weighted by Gasteiger charge is -2.23. The molecule has 53 heavy (non-hydrogen) atoms. The van der Waals surface area contributed by atoms with E-state index in [2.05, 4.69) is 55.4 Å². The molecule has 2 aliphatic rings. The fraction of sp³-hybridized carbons (Fsp3) is 0.359. The average molecular weight is 810 g/mol. The van der Waals surface area contributed by atoms with Crippen LogP contribution in [0.4, 0.5) is 5.69 Å². The van der Waals surface area contributed by atoms with Crippen molar-refractivity contribution in [1.82, 2.24) is 15.2 Å². The molecule has 0 radical (unpaired) electrons. The Bertz CT molecular complexity index is 1940. The molecule has 0 bridgehead atoms. The number of aliphatic hydroxyl groups is 2. The Labute approximate surface area is 321 Å². The summed E-state index contributed by atoms with van der Waals surface area (Å²) in [4.78, 5) is 31.4. The number of aliphatic hydroxyl groups excluding tert-OH is 1. The van der Waals surface area contributed by atoms with Gasteiger partial charge in [0.1, 0.15) is 30.8 Å². The molecule has 280 valence electrons. The lowest BCUT2D eigenvalue weighted by Crippen LogP contribution is -2.41. The Hall–Kier alpha value is -4.24. The quantitative estimate of drug-likeness (QED) is 0.0957. The second-order valence-electron chi connectivity index (χ2n) is 13.3. The number of likely N-dealkylation sites (tertiary alicyclic amines) is 1. The number of ether oxygens (including phenoxy) is 2. The molecule has 14 heteroatoms. The molecule has 0 saturated carbocycles. The predicted molar refractivity (Wildman–Crippen MR) is 203 cm³/mol. The zero-order valence-corrected chi connectivity index (χ0v) is 31.4. The van der Waals surface area contributed by atoms with Crippen molar-refractivity contribution in [3.05, 3.63) is 105 Å². The number of aliphatic carboxylic acids is 2. The van der Waals surface area contributed by atoms with Crippen molar-refractivity contribution in [3.8, 4) is 22.6 Å². The van der Waals surface area contributed by atoms with Crippen LogP contribution < -0.4 is 19.7 Å². The van der Waals surface area contributed by atoms with Gasteiger partial charge in [-0.3, -0.25) is 20.0 Å². The Kier molecular flexibility index (Phi) is 12.5. The first kappa shape index (κ1) is 38.5. The molecular weight excluding hydrogens is 768 g/mol. The van der Waals surface area contributed by atoms with Crippen molar-refractivity contribution in [1.29, 1.82) is 0 Å². The molecule has 0 spiro atoms. The lowest BCUT2D eigenvalue weighted by molar-refractivity contribution is -0.157. The summed E-state index contributed by atoms with van der Waals surface area (Å²) in [5.41, 5.74) is 5.33. The second-order valence-corrected chi connectivity index (χ2v) is 14.5. The predicted octanol–water partition coefficient (Wildman–Crippen LogP) is 5.13. The molecule has 2 atom stereocenters. The summed E-state index contributed by atoms with van der Waals surface area (Å²) in [6.45, 7) is 3.11. The van der Waals surface area contributed by atoms with Crippen LogP contribution in [0.2, 0.25) is 5.02 Å². The van der Waals surface area contributed by atoms with Gasteiger partial charge >= 0.3 is 11.9 Å². The first-order chi connectivity index (χ1) is 25.6. The summed E-state index contributed by atoms with van der Waals surface area (Å²) in [6.07, 6.45) is 5.37. The number of β-amino-alcohol motifs (C(OH)–C–C–N with tert-alkyl or cyclic N) is 1. The Morgan fingerprint density at radius 1 is 0.981 bits per heavy atom. The number of carbonyl (C=O) groups is 2. The van der Waals surface area contributed by atoms with E-state index in [9.17, 15) is 30.0 Å². The number of aromatic nitrogens is 1. The minimum atomic E-state index is -1.65. The van der Waals surface area contributed by atoms with E-state index < -0.39 is 30.2 Å². The van der Waals surface area contributed by atoms with E-state index in [-0.39, 0.29) is 32.7 Å². The van der Waals surface area contributed by atoms with Crippen LogP contribution in [0.5, 0.6) is 11.5 Å². The third-order valence-electron chi connectivity index (χ3n) is 9.75. The number of carboxylic acids is 2. The third-order valence-corrected chi connectivity index (χ3v) is 11.0. The van der Waals surface area contributed by atoms with Gasteiger partial charge in [0.25, 0.3) is 0 Å². The summed E-state index contributed by atoms with van der Waals surface area (Å²) >= 11 is 10.6. The molecule has 3 heterocycles. The van der Waals surface area contributed by atoms with Crippen molar-refractivity contribution >= 4 is 45.2 Å². The maximum absolute atomic E-state index is 11.5. The number of hydrogen-bond acceptors (Lipinski definition) is 10. The Morgan fingerprint density at radius 3 is 2.51 bits per heavy atom. The van der Waals surface area contributed by atoms with Crippen molar-refractivity contribution in [2.24, 2.45) is 0 Å². The van der Waals surface area contributed by atoms with Crippen molar-refractivity contribution in [2.45, 2.75) is 50.7 Å². The maximum atomic E-state index is 11.5. The number of rotatable bonds is 17. The van der Waals surface area contributed by atoms with Crippen LogP contribution in [-0.2, 0) is 35.8 Å². The second kappa shape index (κ2) is 17.3. The van der Waals surface area contributed by atoms with E-state index in [4.69, 9.17) is 21.1 Å². The smallest absolute Gasteiger partial charge is 0.337 e. The van der Waals surface area contributed by atoms with Crippen LogP contribution >= 0.6 is 27.5 Å². The van der Waals surface area contributed by atoms with Gasteiger partial charge in [-0.15, -0.1) is 0 Å². The first-order valence-electron chi connectivity index (χ1n) is 17.4. The molecule has 5 N–H and O–H groups in total. The molecule has 12 nitrogen and oxygen atoms in total. The Morgan fingerprint density at radius 2 is 1.77 bits per heavy atom. The monoisotopic (exact) mass is 808 g/mol. The van der Waals surface area contributed by atoms with E-state index in [0.717, 1.165) is 59.2 Å². The number of nitrogens with zero attached hydrogens (tertiary/aromatic N) is 3. The summed E-state index contributed by atoms with van der Waals surface area (Å²) in [5.74, 6) is -1.49. The number of hydrogen-bond donors (Lipinski definition) is 5. The van der Waals surface area contributed by atoms with Crippen LogP contribution in [0.15, 0.2) is 77.5 Å². The first-order valence-corrected chi connectivity index (χ1v) is 18.6. The number of nitrogens with one attached hydrogen (secondary N) is 1. The maximum Gasteiger partial charge on any atom is 0.337 e. The summed E-state index contributed by atoms with van der Waals surface area (Å²) in [6, 6.07) is 18.3. The van der Waals surface area contributed by atoms with Gasteiger partial charge in [0, 0.05) is 84.5 Å². The number of benzene rings is 3. The highest BCUT2D eigenvalue weighted by atomic mass is 79.9. The van der Waals surface area contributed by atoms with Crippen molar-refractivity contribution in [2.75, 3.05) is 44.2 Å². The normalized spacial score (nSPS) is 17.5. The highest BCUT2D eigenvalue weighted by Crippen LogP contribution is 2.41. The zero-order chi connectivity index (χ0) is 37.5. The van der Waals surface area contributed by atoms with Gasteiger partial charge < -0.3 is 34.8 Å². The molecular formula is C39H42BrClN4O8. The summed E-state index contributed by atoms with van der Waals surface area (Å²) < 4.78 is 13.3. The molecule has 1 aromatic heterocycles. The minimum Gasteiger partial charge on any atom is -0.488 e. The highest BCUT2D eigenvalue weighted by Gasteiger charge is 2.42. The molecule has 1 saturated heterocycles. The van der Waals surface area contributed by atoms with Crippen LogP contribution in [0, 0.1) is 0 Å². The van der Waals surface area contributed by atoms with Gasteiger partial charge in [-0.2, -0.15) is 0 Å². The third kappa shape index (κ3) is 9.11. The molecule has 2 unspecified atom stereocenters. The van der Waals surface area contributed by atoms with Gasteiger partial charge in [0.2, 0.25) is 0 Å². The number of carboxylic acid groups (broad SMARTS) is 2. The number of fused-ring (bicyclic) bond motifs is 1. The fourth-order valence-electron chi connectivity index (χ4n) is 6.83. The van der Waals surface area contributed by atoms with E-state index in [1.807, 2.05) is 29.2 Å². The van der Waals surface area contributed by atoms with Gasteiger partial charge in [-0.1, -0.05) is 48.0 Å². The number of halogens is 2. The largest absolute Gasteiger partial charge is 0.488 e. The van der Waals surface area contributed by atoms with E-state index >= 15 is 0 Å². The van der Waals surface area contributed by atoms with E-state index in [1.165, 1.54) is 11.3 Å². The average Bonchev–Trinajstić information content (AvgIpc) is 3.75. The van der Waals surface area contributed by atoms with E-state index in [0.29, 0.717) is 28.6 Å².